The maximum absolute atomic E-state index is 13.0. The number of likely N-dealkylation sites (tertiary alicyclic amines) is 2. The Hall–Kier alpha value is -2.06. The predicted octanol–water partition coefficient (Wildman–Crippen LogP) is 2.07. The molecule has 2 fully saturated rings. The Morgan fingerprint density at radius 1 is 1.21 bits per heavy atom. The molecule has 4 heterocycles. The van der Waals surface area contributed by atoms with Gasteiger partial charge >= 0.3 is 6.03 Å². The van der Waals surface area contributed by atoms with Gasteiger partial charge in [-0.15, -0.1) is 12.4 Å². The Morgan fingerprint density at radius 3 is 2.68 bits per heavy atom. The van der Waals surface area contributed by atoms with Gasteiger partial charge in [-0.05, 0) is 31.2 Å². The molecule has 2 aromatic rings. The molecule has 28 heavy (non-hydrogen) atoms. The summed E-state index contributed by atoms with van der Waals surface area (Å²) in [6.07, 6.45) is 6.27. The molecule has 8 nitrogen and oxygen atoms in total. The van der Waals surface area contributed by atoms with Crippen molar-refractivity contribution in [3.63, 3.8) is 0 Å². The van der Waals surface area contributed by atoms with Gasteiger partial charge in [0.15, 0.2) is 0 Å². The van der Waals surface area contributed by atoms with Gasteiger partial charge in [-0.25, -0.2) is 14.8 Å². The first-order valence-corrected chi connectivity index (χ1v) is 9.85. The molecule has 0 saturated carbocycles. The highest BCUT2D eigenvalue weighted by Gasteiger charge is 2.35. The molecule has 4 rings (SSSR count). The number of hydrogen-bond donors (Lipinski definition) is 2. The van der Waals surface area contributed by atoms with Gasteiger partial charge in [-0.3, -0.25) is 0 Å². The zero-order valence-corrected chi connectivity index (χ0v) is 17.4. The minimum absolute atomic E-state index is 0. The fourth-order valence-electron chi connectivity index (χ4n) is 4.31. The number of nitrogens with one attached hydrogen (secondary N) is 1. The molecular weight excluding hydrogens is 378 g/mol. The molecular formula is C19H30ClN7O. The van der Waals surface area contributed by atoms with E-state index < -0.39 is 0 Å². The number of nitrogens with zero attached hydrogens (tertiary/aromatic N) is 5. The Labute approximate surface area is 171 Å². The number of hydrogen-bond acceptors (Lipinski definition) is 5. The van der Waals surface area contributed by atoms with Gasteiger partial charge in [0.25, 0.3) is 0 Å². The van der Waals surface area contributed by atoms with E-state index in [1.54, 1.807) is 6.33 Å². The standard InChI is InChI=1S/C19H29N7O.ClH/c1-13-4-8-26(19(27)25-9-5-14(20)6-10-25)11-16(13)24(2)18-15-3-7-21-17(15)22-12-23-18;/h3,7,12-14,16H,4-6,8-11,20H2,1-2H3,(H,21,22,23);1H. The summed E-state index contributed by atoms with van der Waals surface area (Å²) in [6, 6.07) is 2.62. The van der Waals surface area contributed by atoms with Crippen LogP contribution in [0, 0.1) is 5.92 Å². The average Bonchev–Trinajstić information content (AvgIpc) is 3.17. The lowest BCUT2D eigenvalue weighted by molar-refractivity contribution is 0.117. The second-order valence-corrected chi connectivity index (χ2v) is 7.93. The number of anilines is 1. The number of fused-ring (bicyclic) bond motifs is 1. The van der Waals surface area contributed by atoms with Crippen LogP contribution >= 0.6 is 12.4 Å². The lowest BCUT2D eigenvalue weighted by Gasteiger charge is -2.44. The zero-order chi connectivity index (χ0) is 19.0. The van der Waals surface area contributed by atoms with Gasteiger partial charge in [0.2, 0.25) is 0 Å². The Morgan fingerprint density at radius 2 is 1.93 bits per heavy atom. The van der Waals surface area contributed by atoms with Gasteiger partial charge in [-0.2, -0.15) is 0 Å². The number of aromatic amines is 1. The first-order valence-electron chi connectivity index (χ1n) is 9.85. The van der Waals surface area contributed by atoms with Crippen LogP contribution in [0.4, 0.5) is 10.6 Å². The number of rotatable bonds is 2. The predicted molar refractivity (Wildman–Crippen MR) is 113 cm³/mol. The molecule has 3 N–H and O–H groups in total. The molecule has 2 aromatic heterocycles. The van der Waals surface area contributed by atoms with Crippen LogP contribution in [-0.2, 0) is 0 Å². The van der Waals surface area contributed by atoms with E-state index in [0.717, 1.165) is 62.3 Å². The number of amides is 2. The highest BCUT2D eigenvalue weighted by molar-refractivity contribution is 5.87. The summed E-state index contributed by atoms with van der Waals surface area (Å²) in [5, 5.41) is 1.01. The first kappa shape index (κ1) is 20.7. The van der Waals surface area contributed by atoms with Gasteiger partial charge in [0.1, 0.15) is 17.8 Å². The molecule has 2 aliphatic heterocycles. The van der Waals surface area contributed by atoms with Crippen molar-refractivity contribution in [2.45, 2.75) is 38.3 Å². The first-order chi connectivity index (χ1) is 13.0. The topological polar surface area (TPSA) is 94.4 Å². The van der Waals surface area contributed by atoms with Crippen molar-refractivity contribution < 1.29 is 4.79 Å². The number of carbonyl (C=O) groups is 1. The third-order valence-electron chi connectivity index (χ3n) is 6.16. The summed E-state index contributed by atoms with van der Waals surface area (Å²) in [6.45, 7) is 5.33. The van der Waals surface area contributed by atoms with Gasteiger partial charge < -0.3 is 25.4 Å². The van der Waals surface area contributed by atoms with Crippen molar-refractivity contribution in [2.24, 2.45) is 11.7 Å². The third-order valence-corrected chi connectivity index (χ3v) is 6.16. The highest BCUT2D eigenvalue weighted by atomic mass is 35.5. The summed E-state index contributed by atoms with van der Waals surface area (Å²) in [7, 11) is 2.07. The summed E-state index contributed by atoms with van der Waals surface area (Å²) >= 11 is 0. The van der Waals surface area contributed by atoms with E-state index in [0.29, 0.717) is 5.92 Å². The summed E-state index contributed by atoms with van der Waals surface area (Å²) in [4.78, 5) is 31.1. The molecule has 2 unspecified atom stereocenters. The second-order valence-electron chi connectivity index (χ2n) is 7.93. The molecule has 2 amide bonds. The number of piperidine rings is 2. The van der Waals surface area contributed by atoms with Crippen LogP contribution in [0.3, 0.4) is 0 Å². The molecule has 0 aliphatic carbocycles. The SMILES string of the molecule is CC1CCN(C(=O)N2CCC(N)CC2)CC1N(C)c1ncnc2[nH]ccc12.Cl. The number of urea groups is 1. The average molecular weight is 408 g/mol. The van der Waals surface area contributed by atoms with Crippen molar-refractivity contribution >= 4 is 35.3 Å². The molecule has 2 saturated heterocycles. The largest absolute Gasteiger partial charge is 0.354 e. The van der Waals surface area contributed by atoms with E-state index in [4.69, 9.17) is 5.73 Å². The van der Waals surface area contributed by atoms with Crippen LogP contribution in [0.1, 0.15) is 26.2 Å². The van der Waals surface area contributed by atoms with Gasteiger partial charge in [0, 0.05) is 45.5 Å². The van der Waals surface area contributed by atoms with E-state index in [1.807, 2.05) is 22.1 Å². The maximum Gasteiger partial charge on any atom is 0.320 e. The van der Waals surface area contributed by atoms with Crippen LogP contribution in [0.5, 0.6) is 0 Å². The second kappa shape index (κ2) is 8.53. The monoisotopic (exact) mass is 407 g/mol. The molecule has 2 aliphatic rings. The number of aromatic nitrogens is 3. The van der Waals surface area contributed by atoms with E-state index in [9.17, 15) is 4.79 Å². The molecule has 0 radical (unpaired) electrons. The van der Waals surface area contributed by atoms with Crippen LogP contribution in [0.2, 0.25) is 0 Å². The van der Waals surface area contributed by atoms with Crippen molar-refractivity contribution in [1.82, 2.24) is 24.8 Å². The lowest BCUT2D eigenvalue weighted by Crippen LogP contribution is -2.57. The smallest absolute Gasteiger partial charge is 0.320 e. The summed E-state index contributed by atoms with van der Waals surface area (Å²) < 4.78 is 0. The Balaban J connectivity index is 0.00000225. The van der Waals surface area contributed by atoms with Gasteiger partial charge in [0.05, 0.1) is 11.4 Å². The zero-order valence-electron chi connectivity index (χ0n) is 16.5. The fourth-order valence-corrected chi connectivity index (χ4v) is 4.31. The van der Waals surface area contributed by atoms with Crippen molar-refractivity contribution in [3.05, 3.63) is 18.6 Å². The van der Waals surface area contributed by atoms with Crippen LogP contribution < -0.4 is 10.6 Å². The van der Waals surface area contributed by atoms with E-state index in [-0.39, 0.29) is 30.5 Å². The van der Waals surface area contributed by atoms with E-state index >= 15 is 0 Å². The van der Waals surface area contributed by atoms with Gasteiger partial charge in [-0.1, -0.05) is 6.92 Å². The van der Waals surface area contributed by atoms with Crippen molar-refractivity contribution in [1.29, 1.82) is 0 Å². The van der Waals surface area contributed by atoms with E-state index in [2.05, 4.69) is 33.8 Å². The summed E-state index contributed by atoms with van der Waals surface area (Å²) in [5.74, 6) is 1.40. The number of halogens is 1. The van der Waals surface area contributed by atoms with Crippen LogP contribution in [-0.4, -0.2) is 76.1 Å². The van der Waals surface area contributed by atoms with E-state index in [1.165, 1.54) is 0 Å². The molecule has 0 bridgehead atoms. The number of H-pyrrole nitrogens is 1. The molecule has 9 heteroatoms. The molecule has 154 valence electrons. The molecule has 0 aromatic carbocycles. The highest BCUT2D eigenvalue weighted by Crippen LogP contribution is 2.29. The fraction of sp³-hybridized carbons (Fsp3) is 0.632. The van der Waals surface area contributed by atoms with Crippen molar-refractivity contribution in [3.8, 4) is 0 Å². The minimum atomic E-state index is 0. The van der Waals surface area contributed by atoms with Crippen LogP contribution in [0.15, 0.2) is 18.6 Å². The molecule has 0 spiro atoms. The lowest BCUT2D eigenvalue weighted by atomic mass is 9.92. The minimum Gasteiger partial charge on any atom is -0.354 e. The van der Waals surface area contributed by atoms with Crippen molar-refractivity contribution in [2.75, 3.05) is 38.1 Å². The number of carbonyl (C=O) groups excluding carboxylic acids is 1. The number of nitrogens with two attached hydrogens (primary N) is 1. The molecule has 2 atom stereocenters. The third kappa shape index (κ3) is 3.89. The normalized spacial score (nSPS) is 23.5. The quantitative estimate of drug-likeness (QED) is 0.794. The maximum atomic E-state index is 13.0. The Kier molecular flexibility index (Phi) is 6.30. The summed E-state index contributed by atoms with van der Waals surface area (Å²) in [5.41, 5.74) is 6.82. The number of likely N-dealkylation sites (N-methyl/N-ethyl adjacent to an activating group) is 1. The Bertz CT molecular complexity index is 804. The van der Waals surface area contributed by atoms with Crippen LogP contribution in [0.25, 0.3) is 11.0 Å².